The van der Waals surface area contributed by atoms with E-state index in [1.165, 1.54) is 16.5 Å². The van der Waals surface area contributed by atoms with Gasteiger partial charge in [-0.25, -0.2) is 9.97 Å². The monoisotopic (exact) mass is 365 g/mol. The van der Waals surface area contributed by atoms with Gasteiger partial charge in [0.25, 0.3) is 0 Å². The fourth-order valence-electron chi connectivity index (χ4n) is 3.06. The average Bonchev–Trinajstić information content (AvgIpc) is 3.00. The van der Waals surface area contributed by atoms with Crippen LogP contribution in [0, 0.1) is 0 Å². The second-order valence-electron chi connectivity index (χ2n) is 5.67. The van der Waals surface area contributed by atoms with Crippen LogP contribution in [0.25, 0.3) is 10.9 Å². The van der Waals surface area contributed by atoms with Crippen LogP contribution < -0.4 is 4.90 Å². The van der Waals surface area contributed by atoms with E-state index in [-0.39, 0.29) is 24.8 Å². The van der Waals surface area contributed by atoms with E-state index in [2.05, 4.69) is 55.2 Å². The second-order valence-corrected chi connectivity index (χ2v) is 5.67. The summed E-state index contributed by atoms with van der Waals surface area (Å²) < 4.78 is 0. The van der Waals surface area contributed by atoms with E-state index in [0.29, 0.717) is 0 Å². The van der Waals surface area contributed by atoms with E-state index in [0.717, 1.165) is 38.7 Å². The smallest absolute Gasteiger partial charge is 0.225 e. The van der Waals surface area contributed by atoms with Gasteiger partial charge in [0.1, 0.15) is 0 Å². The van der Waals surface area contributed by atoms with Gasteiger partial charge in [-0.3, -0.25) is 4.90 Å². The Bertz CT molecular complexity index is 754. The highest BCUT2D eigenvalue weighted by molar-refractivity contribution is 5.85. The van der Waals surface area contributed by atoms with Gasteiger partial charge < -0.3 is 9.88 Å². The minimum Gasteiger partial charge on any atom is -0.361 e. The lowest BCUT2D eigenvalue weighted by Crippen LogP contribution is -2.46. The third-order valence-corrected chi connectivity index (χ3v) is 4.28. The average molecular weight is 366 g/mol. The van der Waals surface area contributed by atoms with Crippen molar-refractivity contribution in [3.63, 3.8) is 0 Å². The molecule has 0 saturated carbocycles. The molecule has 0 aliphatic carbocycles. The van der Waals surface area contributed by atoms with Crippen molar-refractivity contribution < 1.29 is 0 Å². The first-order valence-corrected chi connectivity index (χ1v) is 7.69. The highest BCUT2D eigenvalue weighted by Gasteiger charge is 2.19. The van der Waals surface area contributed by atoms with Crippen LogP contribution >= 0.6 is 24.8 Å². The summed E-state index contributed by atoms with van der Waals surface area (Å²) in [6.45, 7) is 5.03. The van der Waals surface area contributed by atoms with Gasteiger partial charge in [-0.15, -0.1) is 24.8 Å². The Balaban J connectivity index is 0.00000104. The van der Waals surface area contributed by atoms with Crippen LogP contribution in [0.2, 0.25) is 0 Å². The van der Waals surface area contributed by atoms with Gasteiger partial charge in [-0.1, -0.05) is 18.2 Å². The number of aromatic nitrogens is 3. The molecule has 2 aromatic heterocycles. The Labute approximate surface area is 153 Å². The SMILES string of the molecule is Cl.Cl.c1cnc(N2CCN(Cc3c[nH]c4ccccc34)CC2)nc1. The van der Waals surface area contributed by atoms with Gasteiger partial charge >= 0.3 is 0 Å². The summed E-state index contributed by atoms with van der Waals surface area (Å²) in [4.78, 5) is 16.8. The first kappa shape index (κ1) is 18.5. The van der Waals surface area contributed by atoms with Crippen LogP contribution in [-0.4, -0.2) is 46.0 Å². The summed E-state index contributed by atoms with van der Waals surface area (Å²) in [5.41, 5.74) is 2.59. The third-order valence-electron chi connectivity index (χ3n) is 4.28. The third kappa shape index (κ3) is 3.80. The normalized spacial score (nSPS) is 14.9. The number of anilines is 1. The van der Waals surface area contributed by atoms with Crippen LogP contribution in [0.5, 0.6) is 0 Å². The molecule has 5 nitrogen and oxygen atoms in total. The summed E-state index contributed by atoms with van der Waals surface area (Å²) in [7, 11) is 0. The fourth-order valence-corrected chi connectivity index (χ4v) is 3.06. The zero-order valence-corrected chi connectivity index (χ0v) is 14.9. The van der Waals surface area contributed by atoms with Crippen molar-refractivity contribution in [2.45, 2.75) is 6.54 Å². The number of rotatable bonds is 3. The number of benzene rings is 1. The van der Waals surface area contributed by atoms with E-state index in [4.69, 9.17) is 0 Å². The number of nitrogens with one attached hydrogen (secondary N) is 1. The van der Waals surface area contributed by atoms with E-state index >= 15 is 0 Å². The zero-order valence-electron chi connectivity index (χ0n) is 13.3. The van der Waals surface area contributed by atoms with Gasteiger partial charge in [0.15, 0.2) is 0 Å². The minimum atomic E-state index is 0. The van der Waals surface area contributed by atoms with Crippen molar-refractivity contribution in [2.75, 3.05) is 31.1 Å². The van der Waals surface area contributed by atoms with Crippen molar-refractivity contribution in [1.82, 2.24) is 19.9 Å². The summed E-state index contributed by atoms with van der Waals surface area (Å²) >= 11 is 0. The fraction of sp³-hybridized carbons (Fsp3) is 0.294. The van der Waals surface area contributed by atoms with Crippen LogP contribution in [-0.2, 0) is 6.54 Å². The van der Waals surface area contributed by atoms with Crippen molar-refractivity contribution in [1.29, 1.82) is 0 Å². The summed E-state index contributed by atoms with van der Waals surface area (Å²) in [5.74, 6) is 0.842. The molecule has 0 radical (unpaired) electrons. The molecular formula is C17H21Cl2N5. The first-order chi connectivity index (χ1) is 10.9. The molecule has 24 heavy (non-hydrogen) atoms. The summed E-state index contributed by atoms with van der Waals surface area (Å²) in [6, 6.07) is 10.3. The summed E-state index contributed by atoms with van der Waals surface area (Å²) in [6.07, 6.45) is 5.75. The number of piperazine rings is 1. The van der Waals surface area contributed by atoms with Gasteiger partial charge in [-0.05, 0) is 17.7 Å². The van der Waals surface area contributed by atoms with Gasteiger partial charge in [0.05, 0.1) is 0 Å². The molecule has 0 unspecified atom stereocenters. The van der Waals surface area contributed by atoms with Crippen LogP contribution in [0.3, 0.4) is 0 Å². The number of nitrogens with zero attached hydrogens (tertiary/aromatic N) is 4. The van der Waals surface area contributed by atoms with E-state index in [1.54, 1.807) is 12.4 Å². The molecule has 0 amide bonds. The predicted molar refractivity (Wildman–Crippen MR) is 102 cm³/mol. The van der Waals surface area contributed by atoms with Crippen molar-refractivity contribution >= 4 is 41.7 Å². The Kier molecular flexibility index (Phi) is 6.43. The Morgan fingerprint density at radius 2 is 1.62 bits per heavy atom. The Morgan fingerprint density at radius 3 is 2.38 bits per heavy atom. The van der Waals surface area contributed by atoms with Crippen molar-refractivity contribution in [3.05, 3.63) is 54.5 Å². The molecule has 1 N–H and O–H groups in total. The number of hydrogen-bond donors (Lipinski definition) is 1. The molecule has 3 aromatic rings. The Morgan fingerprint density at radius 1 is 0.917 bits per heavy atom. The largest absolute Gasteiger partial charge is 0.361 e. The van der Waals surface area contributed by atoms with Crippen molar-refractivity contribution in [2.24, 2.45) is 0 Å². The van der Waals surface area contributed by atoms with Gasteiger partial charge in [0.2, 0.25) is 5.95 Å². The molecule has 1 aromatic carbocycles. The standard InChI is InChI=1S/C17H19N5.2ClH/c1-2-5-16-15(4-1)14(12-20-16)13-21-8-10-22(11-9-21)17-18-6-3-7-19-17;;/h1-7,12,20H,8-11,13H2;2*1H. The maximum atomic E-state index is 4.34. The van der Waals surface area contributed by atoms with Crippen LogP contribution in [0.1, 0.15) is 5.56 Å². The lowest BCUT2D eigenvalue weighted by atomic mass is 10.1. The molecule has 3 heterocycles. The molecule has 1 fully saturated rings. The highest BCUT2D eigenvalue weighted by Crippen LogP contribution is 2.20. The number of hydrogen-bond acceptors (Lipinski definition) is 4. The van der Waals surface area contributed by atoms with Crippen LogP contribution in [0.4, 0.5) is 5.95 Å². The van der Waals surface area contributed by atoms with Crippen LogP contribution in [0.15, 0.2) is 48.9 Å². The number of para-hydroxylation sites is 1. The number of aromatic amines is 1. The Hall–Kier alpha value is -1.82. The molecule has 128 valence electrons. The predicted octanol–water partition coefficient (Wildman–Crippen LogP) is 3.12. The zero-order chi connectivity index (χ0) is 14.8. The van der Waals surface area contributed by atoms with Crippen molar-refractivity contribution in [3.8, 4) is 0 Å². The topological polar surface area (TPSA) is 48.1 Å². The molecule has 1 aliphatic rings. The first-order valence-electron chi connectivity index (χ1n) is 7.69. The molecule has 7 heteroatoms. The highest BCUT2D eigenvalue weighted by atomic mass is 35.5. The van der Waals surface area contributed by atoms with E-state index < -0.39 is 0 Å². The van der Waals surface area contributed by atoms with Gasteiger partial charge in [0, 0.05) is 62.2 Å². The lowest BCUT2D eigenvalue weighted by Gasteiger charge is -2.34. The molecule has 0 spiro atoms. The maximum absolute atomic E-state index is 4.34. The van der Waals surface area contributed by atoms with E-state index in [1.807, 2.05) is 6.07 Å². The second kappa shape index (κ2) is 8.33. The molecular weight excluding hydrogens is 345 g/mol. The number of halogens is 2. The minimum absolute atomic E-state index is 0. The quantitative estimate of drug-likeness (QED) is 0.774. The number of H-pyrrole nitrogens is 1. The lowest BCUT2D eigenvalue weighted by molar-refractivity contribution is 0.249. The molecule has 4 rings (SSSR count). The van der Waals surface area contributed by atoms with Gasteiger partial charge in [-0.2, -0.15) is 0 Å². The maximum Gasteiger partial charge on any atom is 0.225 e. The summed E-state index contributed by atoms with van der Waals surface area (Å²) in [5, 5.41) is 1.33. The molecule has 0 bridgehead atoms. The number of fused-ring (bicyclic) bond motifs is 1. The molecule has 0 atom stereocenters. The molecule has 1 aliphatic heterocycles. The molecule has 1 saturated heterocycles. The van der Waals surface area contributed by atoms with E-state index in [9.17, 15) is 0 Å².